The number of amides is 1. The van der Waals surface area contributed by atoms with Gasteiger partial charge in [0.15, 0.2) is 0 Å². The van der Waals surface area contributed by atoms with Gasteiger partial charge >= 0.3 is 0 Å². The second-order valence-electron chi connectivity index (χ2n) is 8.52. The van der Waals surface area contributed by atoms with Gasteiger partial charge in [-0.3, -0.25) is 4.79 Å². The quantitative estimate of drug-likeness (QED) is 0.649. The van der Waals surface area contributed by atoms with E-state index in [1.165, 1.54) is 28.3 Å². The van der Waals surface area contributed by atoms with Gasteiger partial charge in [0.1, 0.15) is 0 Å². The maximum atomic E-state index is 12.5. The normalized spacial score (nSPS) is 14.9. The Morgan fingerprint density at radius 1 is 1.00 bits per heavy atom. The van der Waals surface area contributed by atoms with E-state index in [1.807, 2.05) is 20.8 Å². The van der Waals surface area contributed by atoms with Gasteiger partial charge in [0, 0.05) is 18.8 Å². The zero-order chi connectivity index (χ0) is 22.6. The third-order valence-corrected chi connectivity index (χ3v) is 8.01. The molecule has 31 heavy (non-hydrogen) atoms. The number of sulfonamides is 1. The summed E-state index contributed by atoms with van der Waals surface area (Å²) in [5.74, 6) is -0.110. The van der Waals surface area contributed by atoms with Gasteiger partial charge in [-0.05, 0) is 87.4 Å². The molecule has 0 fully saturated rings. The van der Waals surface area contributed by atoms with Gasteiger partial charge in [-0.15, -0.1) is 0 Å². The van der Waals surface area contributed by atoms with Crippen molar-refractivity contribution in [1.29, 1.82) is 0 Å². The van der Waals surface area contributed by atoms with Gasteiger partial charge in [-0.1, -0.05) is 18.2 Å². The van der Waals surface area contributed by atoms with Crippen LogP contribution < -0.4 is 10.6 Å². The maximum absolute atomic E-state index is 12.5. The molecule has 0 spiro atoms. The average molecular weight is 444 g/mol. The lowest BCUT2D eigenvalue weighted by Gasteiger charge is -2.21. The first-order valence-electron chi connectivity index (χ1n) is 10.9. The number of aryl methyl sites for hydroxylation is 2. The van der Waals surface area contributed by atoms with E-state index in [2.05, 4.69) is 28.8 Å². The molecule has 2 aromatic rings. The van der Waals surface area contributed by atoms with Crippen LogP contribution in [0.15, 0.2) is 47.4 Å². The third kappa shape index (κ3) is 5.66. The summed E-state index contributed by atoms with van der Waals surface area (Å²) in [6.45, 7) is 5.77. The fraction of sp³-hybridized carbons (Fsp3) is 0.458. The number of anilines is 1. The van der Waals surface area contributed by atoms with E-state index in [0.29, 0.717) is 5.69 Å². The van der Waals surface area contributed by atoms with Crippen LogP contribution in [0, 0.1) is 0 Å². The molecule has 3 rings (SSSR count). The van der Waals surface area contributed by atoms with Crippen LogP contribution in [0.3, 0.4) is 0 Å². The Labute approximate surface area is 186 Å². The van der Waals surface area contributed by atoms with Gasteiger partial charge in [0.25, 0.3) is 0 Å². The lowest BCUT2D eigenvalue weighted by Crippen LogP contribution is -2.33. The molecule has 1 amide bonds. The standard InChI is InChI=1S/C24H33N3O3S/c1-17(2)27(4)31(29,30)23-13-11-22(12-14-23)25-16-24(28)26-18(3)20-10-9-19-7-5-6-8-21(19)15-20/h9-15,17-18,25H,5-8,16H2,1-4H3,(H,26,28). The van der Waals surface area contributed by atoms with Crippen LogP contribution in [0.1, 0.15) is 56.3 Å². The first kappa shape index (κ1) is 23.3. The van der Waals surface area contributed by atoms with Crippen LogP contribution in [-0.2, 0) is 27.7 Å². The number of fused-ring (bicyclic) bond motifs is 1. The topological polar surface area (TPSA) is 78.5 Å². The molecule has 0 saturated heterocycles. The number of hydrogen-bond donors (Lipinski definition) is 2. The lowest BCUT2D eigenvalue weighted by atomic mass is 9.89. The van der Waals surface area contributed by atoms with Gasteiger partial charge in [-0.2, -0.15) is 4.31 Å². The SMILES string of the molecule is CC(NC(=O)CNc1ccc(S(=O)(=O)N(C)C(C)C)cc1)c1ccc2c(c1)CCCC2. The van der Waals surface area contributed by atoms with Crippen molar-refractivity contribution in [2.75, 3.05) is 18.9 Å². The Balaban J connectivity index is 1.55. The molecule has 2 aromatic carbocycles. The molecule has 2 N–H and O–H groups in total. The Morgan fingerprint density at radius 2 is 1.65 bits per heavy atom. The summed E-state index contributed by atoms with van der Waals surface area (Å²) in [5, 5.41) is 6.09. The molecule has 1 unspecified atom stereocenters. The average Bonchev–Trinajstić information content (AvgIpc) is 2.77. The molecular weight excluding hydrogens is 410 g/mol. The summed E-state index contributed by atoms with van der Waals surface area (Å²) in [6.07, 6.45) is 4.75. The molecule has 0 heterocycles. The second kappa shape index (κ2) is 9.83. The van der Waals surface area contributed by atoms with Crippen LogP contribution in [0.2, 0.25) is 0 Å². The number of carbonyl (C=O) groups excluding carboxylic acids is 1. The van der Waals surface area contributed by atoms with E-state index in [9.17, 15) is 13.2 Å². The highest BCUT2D eigenvalue weighted by atomic mass is 32.2. The smallest absolute Gasteiger partial charge is 0.243 e. The highest BCUT2D eigenvalue weighted by Crippen LogP contribution is 2.25. The molecule has 1 atom stereocenters. The maximum Gasteiger partial charge on any atom is 0.243 e. The van der Waals surface area contributed by atoms with Crippen molar-refractivity contribution in [3.8, 4) is 0 Å². The Kier molecular flexibility index (Phi) is 7.38. The molecule has 6 nitrogen and oxygen atoms in total. The number of nitrogens with zero attached hydrogens (tertiary/aromatic N) is 1. The number of carbonyl (C=O) groups is 1. The highest BCUT2D eigenvalue weighted by Gasteiger charge is 2.22. The van der Waals surface area contributed by atoms with E-state index >= 15 is 0 Å². The summed E-state index contributed by atoms with van der Waals surface area (Å²) >= 11 is 0. The van der Waals surface area contributed by atoms with E-state index in [1.54, 1.807) is 31.3 Å². The minimum Gasteiger partial charge on any atom is -0.376 e. The van der Waals surface area contributed by atoms with Crippen molar-refractivity contribution in [3.05, 3.63) is 59.2 Å². The lowest BCUT2D eigenvalue weighted by molar-refractivity contribution is -0.120. The molecular formula is C24H33N3O3S. The van der Waals surface area contributed by atoms with Crippen molar-refractivity contribution in [2.24, 2.45) is 0 Å². The molecule has 0 aliphatic heterocycles. The monoisotopic (exact) mass is 443 g/mol. The van der Waals surface area contributed by atoms with Crippen LogP contribution in [-0.4, -0.2) is 38.3 Å². The van der Waals surface area contributed by atoms with E-state index in [-0.39, 0.29) is 29.4 Å². The van der Waals surface area contributed by atoms with Crippen LogP contribution in [0.5, 0.6) is 0 Å². The summed E-state index contributed by atoms with van der Waals surface area (Å²) < 4.78 is 26.4. The number of hydrogen-bond acceptors (Lipinski definition) is 4. The fourth-order valence-electron chi connectivity index (χ4n) is 3.77. The Morgan fingerprint density at radius 3 is 2.29 bits per heavy atom. The zero-order valence-corrected chi connectivity index (χ0v) is 19.6. The number of rotatable bonds is 8. The number of nitrogens with one attached hydrogen (secondary N) is 2. The predicted octanol–water partition coefficient (Wildman–Crippen LogP) is 3.88. The van der Waals surface area contributed by atoms with Crippen LogP contribution >= 0.6 is 0 Å². The fourth-order valence-corrected chi connectivity index (χ4v) is 5.14. The first-order valence-corrected chi connectivity index (χ1v) is 12.4. The van der Waals surface area contributed by atoms with Crippen molar-refractivity contribution in [1.82, 2.24) is 9.62 Å². The molecule has 1 aliphatic carbocycles. The Hall–Kier alpha value is -2.38. The first-order chi connectivity index (χ1) is 14.7. The van der Waals surface area contributed by atoms with Crippen LogP contribution in [0.4, 0.5) is 5.69 Å². The van der Waals surface area contributed by atoms with Gasteiger partial charge in [0.2, 0.25) is 15.9 Å². The summed E-state index contributed by atoms with van der Waals surface area (Å²) in [4.78, 5) is 12.6. The molecule has 1 aliphatic rings. The van der Waals surface area contributed by atoms with Crippen molar-refractivity contribution in [3.63, 3.8) is 0 Å². The molecule has 168 valence electrons. The summed E-state index contributed by atoms with van der Waals surface area (Å²) in [5.41, 5.74) is 4.65. The predicted molar refractivity (Wildman–Crippen MR) is 125 cm³/mol. The third-order valence-electron chi connectivity index (χ3n) is 5.96. The molecule has 0 aromatic heterocycles. The molecule has 7 heteroatoms. The molecule has 0 radical (unpaired) electrons. The minimum absolute atomic E-state index is 0.0689. The molecule has 0 saturated carbocycles. The second-order valence-corrected chi connectivity index (χ2v) is 10.5. The largest absolute Gasteiger partial charge is 0.376 e. The summed E-state index contributed by atoms with van der Waals surface area (Å²) in [6, 6.07) is 12.8. The van der Waals surface area contributed by atoms with Gasteiger partial charge in [-0.25, -0.2) is 8.42 Å². The van der Waals surface area contributed by atoms with E-state index in [4.69, 9.17) is 0 Å². The number of benzene rings is 2. The van der Waals surface area contributed by atoms with Crippen molar-refractivity contribution in [2.45, 2.75) is 63.4 Å². The van der Waals surface area contributed by atoms with Gasteiger partial charge < -0.3 is 10.6 Å². The zero-order valence-electron chi connectivity index (χ0n) is 18.8. The summed E-state index contributed by atoms with van der Waals surface area (Å²) in [7, 11) is -1.94. The minimum atomic E-state index is -3.51. The highest BCUT2D eigenvalue weighted by molar-refractivity contribution is 7.89. The van der Waals surface area contributed by atoms with Crippen LogP contribution in [0.25, 0.3) is 0 Å². The van der Waals surface area contributed by atoms with E-state index < -0.39 is 10.0 Å². The van der Waals surface area contributed by atoms with E-state index in [0.717, 1.165) is 18.4 Å². The molecule has 0 bridgehead atoms. The Bertz CT molecular complexity index is 1020. The van der Waals surface area contributed by atoms with Gasteiger partial charge in [0.05, 0.1) is 17.5 Å². The van der Waals surface area contributed by atoms with Crippen molar-refractivity contribution < 1.29 is 13.2 Å². The van der Waals surface area contributed by atoms with Crippen molar-refractivity contribution >= 4 is 21.6 Å².